The first-order chi connectivity index (χ1) is 7.13. The van der Waals surface area contributed by atoms with E-state index in [1.165, 1.54) is 5.01 Å². The lowest BCUT2D eigenvalue weighted by Crippen LogP contribution is -2.47. The second kappa shape index (κ2) is 3.62. The number of para-hydroxylation sites is 1. The van der Waals surface area contributed by atoms with E-state index in [0.29, 0.717) is 0 Å². The van der Waals surface area contributed by atoms with Crippen molar-refractivity contribution in [2.75, 3.05) is 12.1 Å². The Balaban J connectivity index is 2.35. The number of likely N-dealkylation sites (N-methyl/N-ethyl adjacent to an activating group) is 1. The van der Waals surface area contributed by atoms with Crippen molar-refractivity contribution in [1.29, 1.82) is 0 Å². The molecule has 1 aliphatic heterocycles. The highest BCUT2D eigenvalue weighted by Gasteiger charge is 2.41. The molecule has 1 aliphatic rings. The minimum atomic E-state index is -0.657. The molecule has 1 fully saturated rings. The number of carbonyl (C=O) groups is 1. The molecule has 15 heavy (non-hydrogen) atoms. The van der Waals surface area contributed by atoms with E-state index in [1.54, 1.807) is 12.1 Å². The maximum Gasteiger partial charge on any atom is 0.261 e. The summed E-state index contributed by atoms with van der Waals surface area (Å²) in [6, 6.07) is 8.66. The molecule has 0 radical (unpaired) electrons. The maximum absolute atomic E-state index is 11.8. The first kappa shape index (κ1) is 10.1. The summed E-state index contributed by atoms with van der Waals surface area (Å²) in [7, 11) is 1.75. The molecule has 1 aromatic carbocycles. The van der Waals surface area contributed by atoms with Crippen LogP contribution in [0.3, 0.4) is 0 Å². The summed E-state index contributed by atoms with van der Waals surface area (Å²) < 4.78 is 0. The number of hydrazine groups is 1. The van der Waals surface area contributed by atoms with Crippen molar-refractivity contribution in [3.05, 3.63) is 30.3 Å². The molecule has 80 valence electrons. The van der Waals surface area contributed by atoms with Crippen molar-refractivity contribution >= 4 is 11.6 Å². The van der Waals surface area contributed by atoms with Gasteiger partial charge in [0.05, 0.1) is 5.69 Å². The summed E-state index contributed by atoms with van der Waals surface area (Å²) in [6.07, 6.45) is -0.460. The second-order valence-electron chi connectivity index (χ2n) is 3.58. The van der Waals surface area contributed by atoms with Crippen LogP contribution in [0.2, 0.25) is 0 Å². The van der Waals surface area contributed by atoms with E-state index in [2.05, 4.69) is 0 Å². The summed E-state index contributed by atoms with van der Waals surface area (Å²) in [5.74, 6) is -0.170. The van der Waals surface area contributed by atoms with Crippen molar-refractivity contribution < 1.29 is 4.79 Å². The van der Waals surface area contributed by atoms with E-state index in [-0.39, 0.29) is 5.91 Å². The quantitative estimate of drug-likeness (QED) is 0.649. The lowest BCUT2D eigenvalue weighted by Gasteiger charge is -2.25. The maximum atomic E-state index is 11.8. The minimum Gasteiger partial charge on any atom is -0.317 e. The number of rotatable bonds is 1. The van der Waals surface area contributed by atoms with Crippen LogP contribution in [0, 0.1) is 0 Å². The van der Waals surface area contributed by atoms with Crippen molar-refractivity contribution in [3.63, 3.8) is 0 Å². The van der Waals surface area contributed by atoms with Crippen LogP contribution in [-0.2, 0) is 4.79 Å². The molecular weight excluding hydrogens is 192 g/mol. The molecule has 0 saturated carbocycles. The van der Waals surface area contributed by atoms with Crippen LogP contribution in [-0.4, -0.2) is 30.2 Å². The Morgan fingerprint density at radius 2 is 1.80 bits per heavy atom. The average molecular weight is 206 g/mol. The zero-order valence-corrected chi connectivity index (χ0v) is 8.50. The van der Waals surface area contributed by atoms with Gasteiger partial charge in [-0.05, 0) is 12.1 Å². The number of carbonyl (C=O) groups excluding carboxylic acids is 1. The topological polar surface area (TPSA) is 75.6 Å². The molecule has 4 N–H and O–H groups in total. The average Bonchev–Trinajstić information content (AvgIpc) is 2.45. The van der Waals surface area contributed by atoms with Gasteiger partial charge in [-0.3, -0.25) is 4.79 Å². The van der Waals surface area contributed by atoms with Crippen molar-refractivity contribution in [2.24, 2.45) is 11.5 Å². The summed E-state index contributed by atoms with van der Waals surface area (Å²) in [6.45, 7) is 0. The largest absolute Gasteiger partial charge is 0.317 e. The van der Waals surface area contributed by atoms with Gasteiger partial charge in [-0.2, -0.15) is 5.01 Å². The van der Waals surface area contributed by atoms with E-state index in [9.17, 15) is 4.79 Å². The molecule has 0 aromatic heterocycles. The minimum absolute atomic E-state index is 0.170. The Labute approximate surface area is 88.2 Å². The molecule has 1 heterocycles. The standard InChI is InChI=1S/C10H14N4O/c1-13-9(12)8(11)10(15)14(13)7-5-3-2-4-6-7/h2-6,8-9H,11-12H2,1H3. The van der Waals surface area contributed by atoms with Gasteiger partial charge in [-0.15, -0.1) is 0 Å². The van der Waals surface area contributed by atoms with Crippen LogP contribution in [0.1, 0.15) is 0 Å². The van der Waals surface area contributed by atoms with Gasteiger partial charge in [0.25, 0.3) is 5.91 Å². The lowest BCUT2D eigenvalue weighted by atomic mass is 10.2. The number of hydrogen-bond donors (Lipinski definition) is 2. The first-order valence-corrected chi connectivity index (χ1v) is 4.76. The highest BCUT2D eigenvalue weighted by atomic mass is 16.2. The van der Waals surface area contributed by atoms with Crippen LogP contribution in [0.4, 0.5) is 5.69 Å². The van der Waals surface area contributed by atoms with Gasteiger partial charge in [0, 0.05) is 7.05 Å². The molecular formula is C10H14N4O. The molecule has 2 unspecified atom stereocenters. The third-order valence-electron chi connectivity index (χ3n) is 2.61. The highest BCUT2D eigenvalue weighted by molar-refractivity contribution is 5.98. The highest BCUT2D eigenvalue weighted by Crippen LogP contribution is 2.22. The normalized spacial score (nSPS) is 27.4. The van der Waals surface area contributed by atoms with Crippen LogP contribution in [0.25, 0.3) is 0 Å². The SMILES string of the molecule is CN1C(N)C(N)C(=O)N1c1ccccc1. The number of anilines is 1. The zero-order valence-electron chi connectivity index (χ0n) is 8.50. The van der Waals surface area contributed by atoms with E-state index in [4.69, 9.17) is 11.5 Å². The van der Waals surface area contributed by atoms with E-state index in [0.717, 1.165) is 5.69 Å². The van der Waals surface area contributed by atoms with E-state index < -0.39 is 12.2 Å². The van der Waals surface area contributed by atoms with Crippen molar-refractivity contribution in [1.82, 2.24) is 5.01 Å². The molecule has 0 aliphatic carbocycles. The fraction of sp³-hybridized carbons (Fsp3) is 0.300. The van der Waals surface area contributed by atoms with Gasteiger partial charge in [0.1, 0.15) is 12.2 Å². The first-order valence-electron chi connectivity index (χ1n) is 4.76. The number of nitrogens with zero attached hydrogens (tertiary/aromatic N) is 2. The number of hydrogen-bond acceptors (Lipinski definition) is 4. The molecule has 2 atom stereocenters. The Kier molecular flexibility index (Phi) is 2.44. The molecule has 1 amide bonds. The molecule has 5 nitrogen and oxygen atoms in total. The lowest BCUT2D eigenvalue weighted by molar-refractivity contribution is -0.118. The van der Waals surface area contributed by atoms with Crippen LogP contribution < -0.4 is 16.5 Å². The van der Waals surface area contributed by atoms with E-state index in [1.807, 2.05) is 30.3 Å². The van der Waals surface area contributed by atoms with Gasteiger partial charge in [-0.1, -0.05) is 18.2 Å². The zero-order chi connectivity index (χ0) is 11.0. The Hall–Kier alpha value is -1.43. The Morgan fingerprint density at radius 1 is 1.20 bits per heavy atom. The molecule has 5 heteroatoms. The van der Waals surface area contributed by atoms with Gasteiger partial charge in [0.15, 0.2) is 0 Å². The van der Waals surface area contributed by atoms with E-state index >= 15 is 0 Å². The van der Waals surface area contributed by atoms with Gasteiger partial charge in [0.2, 0.25) is 0 Å². The third kappa shape index (κ3) is 1.50. The van der Waals surface area contributed by atoms with Crippen LogP contribution in [0.15, 0.2) is 30.3 Å². The molecule has 1 aromatic rings. The van der Waals surface area contributed by atoms with Crippen LogP contribution in [0.5, 0.6) is 0 Å². The molecule has 2 rings (SSSR count). The smallest absolute Gasteiger partial charge is 0.261 e. The fourth-order valence-electron chi connectivity index (χ4n) is 1.69. The summed E-state index contributed by atoms with van der Waals surface area (Å²) in [5, 5.41) is 3.16. The van der Waals surface area contributed by atoms with Crippen molar-refractivity contribution in [2.45, 2.75) is 12.2 Å². The number of benzene rings is 1. The number of nitrogens with two attached hydrogens (primary N) is 2. The van der Waals surface area contributed by atoms with Crippen LogP contribution >= 0.6 is 0 Å². The molecule has 1 saturated heterocycles. The van der Waals surface area contributed by atoms with Gasteiger partial charge < -0.3 is 11.5 Å². The fourth-order valence-corrected chi connectivity index (χ4v) is 1.69. The summed E-state index contributed by atoms with van der Waals surface area (Å²) in [4.78, 5) is 11.8. The molecule has 0 bridgehead atoms. The van der Waals surface area contributed by atoms with Gasteiger partial charge >= 0.3 is 0 Å². The third-order valence-corrected chi connectivity index (χ3v) is 2.61. The summed E-state index contributed by atoms with van der Waals surface area (Å²) in [5.41, 5.74) is 12.2. The molecule has 0 spiro atoms. The predicted molar refractivity (Wildman–Crippen MR) is 57.6 cm³/mol. The second-order valence-corrected chi connectivity index (χ2v) is 3.58. The monoisotopic (exact) mass is 206 g/mol. The van der Waals surface area contributed by atoms with Crippen molar-refractivity contribution in [3.8, 4) is 0 Å². The Morgan fingerprint density at radius 3 is 2.27 bits per heavy atom. The Bertz CT molecular complexity index is 367. The predicted octanol–water partition coefficient (Wildman–Crippen LogP) is -0.508. The number of amides is 1. The van der Waals surface area contributed by atoms with Gasteiger partial charge in [-0.25, -0.2) is 5.01 Å². The summed E-state index contributed by atoms with van der Waals surface area (Å²) >= 11 is 0.